The monoisotopic (exact) mass is 373 g/mol. The first-order chi connectivity index (χ1) is 11.6. The Morgan fingerprint density at radius 1 is 1.36 bits per heavy atom. The molecule has 7 nitrogen and oxygen atoms in total. The van der Waals surface area contributed by atoms with Crippen LogP contribution in [-0.4, -0.2) is 57.0 Å². The Hall–Kier alpha value is -1.54. The normalized spacial score (nSPS) is 19.2. The van der Waals surface area contributed by atoms with Gasteiger partial charge < -0.3 is 30.5 Å². The highest BCUT2D eigenvalue weighted by Crippen LogP contribution is 2.28. The average molecular weight is 374 g/mol. The third-order valence-electron chi connectivity index (χ3n) is 4.00. The maximum Gasteiger partial charge on any atom is 0.257 e. The molecule has 0 saturated carbocycles. The zero-order chi connectivity index (χ0) is 17.4. The number of ether oxygens (including phenoxy) is 2. The maximum absolute atomic E-state index is 11.5. The van der Waals surface area contributed by atoms with E-state index in [1.807, 2.05) is 19.1 Å². The second kappa shape index (κ2) is 11.1. The molecule has 1 fully saturated rings. The molecule has 1 saturated heterocycles. The number of hydrogen-bond acceptors (Lipinski definition) is 6. The lowest BCUT2D eigenvalue weighted by atomic mass is 10.1. The van der Waals surface area contributed by atoms with E-state index >= 15 is 0 Å². The summed E-state index contributed by atoms with van der Waals surface area (Å²) in [6, 6.07) is 5.64. The third-order valence-corrected chi connectivity index (χ3v) is 4.00. The quantitative estimate of drug-likeness (QED) is 0.497. The van der Waals surface area contributed by atoms with Crippen molar-refractivity contribution in [1.29, 1.82) is 0 Å². The Labute approximate surface area is 154 Å². The molecule has 1 aliphatic heterocycles. The highest BCUT2D eigenvalue weighted by Gasteiger charge is 2.24. The largest absolute Gasteiger partial charge is 0.493 e. The molecule has 0 aromatic heterocycles. The van der Waals surface area contributed by atoms with Gasteiger partial charge >= 0.3 is 0 Å². The molecule has 0 bridgehead atoms. The number of halogens is 1. The fraction of sp³-hybridized carbons (Fsp3) is 0.588. The van der Waals surface area contributed by atoms with Crippen LogP contribution in [0.1, 0.15) is 12.5 Å². The standard InChI is InChI=1S/C17H27N3O4.ClH/c1-3-20-17(22)11-24-15-5-4-12(6-16(15)23-2)7-18-8-13-9-19-10-14(13)21;/h4-6,13-14,18-19,21H,3,7-11H2,1-2H3,(H,20,22);1H. The molecule has 25 heavy (non-hydrogen) atoms. The first-order valence-electron chi connectivity index (χ1n) is 8.30. The van der Waals surface area contributed by atoms with Crippen molar-refractivity contribution in [2.75, 3.05) is 39.9 Å². The van der Waals surface area contributed by atoms with Gasteiger partial charge in [0.15, 0.2) is 18.1 Å². The number of benzene rings is 1. The summed E-state index contributed by atoms with van der Waals surface area (Å²) in [5, 5.41) is 19.0. The Morgan fingerprint density at radius 3 is 2.80 bits per heavy atom. The molecule has 8 heteroatoms. The predicted octanol–water partition coefficient (Wildman–Crippen LogP) is 0.302. The smallest absolute Gasteiger partial charge is 0.257 e. The number of amides is 1. The summed E-state index contributed by atoms with van der Waals surface area (Å²) >= 11 is 0. The Bertz CT molecular complexity index is 545. The molecule has 142 valence electrons. The van der Waals surface area contributed by atoms with E-state index < -0.39 is 0 Å². The fourth-order valence-electron chi connectivity index (χ4n) is 2.66. The zero-order valence-electron chi connectivity index (χ0n) is 14.7. The minimum absolute atomic E-state index is 0. The molecular weight excluding hydrogens is 346 g/mol. The fourth-order valence-corrected chi connectivity index (χ4v) is 2.66. The molecule has 0 spiro atoms. The second-order valence-electron chi connectivity index (χ2n) is 5.84. The molecule has 1 aliphatic rings. The van der Waals surface area contributed by atoms with Gasteiger partial charge in [0.1, 0.15) is 0 Å². The number of rotatable bonds is 9. The lowest BCUT2D eigenvalue weighted by molar-refractivity contribution is -0.123. The summed E-state index contributed by atoms with van der Waals surface area (Å²) < 4.78 is 10.8. The molecule has 1 aromatic carbocycles. The van der Waals surface area contributed by atoms with Crippen molar-refractivity contribution in [2.45, 2.75) is 19.6 Å². The molecule has 2 atom stereocenters. The number of hydrogen-bond donors (Lipinski definition) is 4. The van der Waals surface area contributed by atoms with Crippen molar-refractivity contribution in [2.24, 2.45) is 5.92 Å². The van der Waals surface area contributed by atoms with Crippen molar-refractivity contribution in [3.63, 3.8) is 0 Å². The van der Waals surface area contributed by atoms with Crippen LogP contribution in [0.4, 0.5) is 0 Å². The summed E-state index contributed by atoms with van der Waals surface area (Å²) in [4.78, 5) is 11.5. The summed E-state index contributed by atoms with van der Waals surface area (Å²) in [5.41, 5.74) is 1.05. The number of aliphatic hydroxyl groups excluding tert-OH is 1. The van der Waals surface area contributed by atoms with Gasteiger partial charge in [-0.25, -0.2) is 0 Å². The van der Waals surface area contributed by atoms with Crippen molar-refractivity contribution in [1.82, 2.24) is 16.0 Å². The lowest BCUT2D eigenvalue weighted by Crippen LogP contribution is -2.30. The number of likely N-dealkylation sites (N-methyl/N-ethyl adjacent to an activating group) is 1. The van der Waals surface area contributed by atoms with Gasteiger partial charge in [-0.15, -0.1) is 12.4 Å². The Morgan fingerprint density at radius 2 is 2.16 bits per heavy atom. The van der Waals surface area contributed by atoms with Crippen LogP contribution in [-0.2, 0) is 11.3 Å². The van der Waals surface area contributed by atoms with Crippen LogP contribution in [0.25, 0.3) is 0 Å². The third kappa shape index (κ3) is 6.70. The van der Waals surface area contributed by atoms with Crippen LogP contribution in [0, 0.1) is 5.92 Å². The lowest BCUT2D eigenvalue weighted by Gasteiger charge is -2.15. The number of carbonyl (C=O) groups is 1. The molecular formula is C17H28ClN3O4. The Kier molecular flexibility index (Phi) is 9.59. The van der Waals surface area contributed by atoms with E-state index in [1.54, 1.807) is 13.2 Å². The maximum atomic E-state index is 11.5. The minimum Gasteiger partial charge on any atom is -0.493 e. The first kappa shape index (κ1) is 21.5. The van der Waals surface area contributed by atoms with Gasteiger partial charge in [-0.2, -0.15) is 0 Å². The second-order valence-corrected chi connectivity index (χ2v) is 5.84. The van der Waals surface area contributed by atoms with E-state index in [4.69, 9.17) is 9.47 Å². The van der Waals surface area contributed by atoms with Crippen LogP contribution in [0.2, 0.25) is 0 Å². The van der Waals surface area contributed by atoms with E-state index in [1.165, 1.54) is 0 Å². The SMILES string of the molecule is CCNC(=O)COc1ccc(CNCC2CNCC2O)cc1OC.Cl. The highest BCUT2D eigenvalue weighted by atomic mass is 35.5. The van der Waals surface area contributed by atoms with Crippen LogP contribution < -0.4 is 25.4 Å². The van der Waals surface area contributed by atoms with Crippen molar-refractivity contribution < 1.29 is 19.4 Å². The van der Waals surface area contributed by atoms with Crippen LogP contribution in [0.3, 0.4) is 0 Å². The molecule has 4 N–H and O–H groups in total. The highest BCUT2D eigenvalue weighted by molar-refractivity contribution is 5.85. The Balaban J connectivity index is 0.00000312. The summed E-state index contributed by atoms with van der Waals surface area (Å²) in [6.07, 6.45) is -0.280. The van der Waals surface area contributed by atoms with E-state index in [0.29, 0.717) is 31.1 Å². The van der Waals surface area contributed by atoms with E-state index in [0.717, 1.165) is 18.7 Å². The average Bonchev–Trinajstić information content (AvgIpc) is 2.99. The van der Waals surface area contributed by atoms with Crippen LogP contribution in [0.15, 0.2) is 18.2 Å². The topological polar surface area (TPSA) is 91.9 Å². The van der Waals surface area contributed by atoms with E-state index in [9.17, 15) is 9.90 Å². The van der Waals surface area contributed by atoms with Gasteiger partial charge in [0, 0.05) is 38.6 Å². The molecule has 0 aliphatic carbocycles. The van der Waals surface area contributed by atoms with Crippen molar-refractivity contribution in [3.05, 3.63) is 23.8 Å². The molecule has 0 radical (unpaired) electrons. The van der Waals surface area contributed by atoms with Gasteiger partial charge in [-0.1, -0.05) is 6.07 Å². The van der Waals surface area contributed by atoms with Crippen LogP contribution >= 0.6 is 12.4 Å². The molecule has 2 unspecified atom stereocenters. The van der Waals surface area contributed by atoms with E-state index in [2.05, 4.69) is 16.0 Å². The van der Waals surface area contributed by atoms with Gasteiger partial charge in [-0.05, 0) is 24.6 Å². The van der Waals surface area contributed by atoms with Crippen LogP contribution in [0.5, 0.6) is 11.5 Å². The van der Waals surface area contributed by atoms with Crippen molar-refractivity contribution >= 4 is 18.3 Å². The molecule has 2 rings (SSSR count). The number of carbonyl (C=O) groups excluding carboxylic acids is 1. The summed E-state index contributed by atoms with van der Waals surface area (Å²) in [6.45, 7) is 5.34. The van der Waals surface area contributed by atoms with Gasteiger partial charge in [0.2, 0.25) is 0 Å². The molecule has 1 aromatic rings. The summed E-state index contributed by atoms with van der Waals surface area (Å²) in [7, 11) is 1.58. The molecule has 1 amide bonds. The predicted molar refractivity (Wildman–Crippen MR) is 98.5 cm³/mol. The number of aliphatic hydroxyl groups is 1. The van der Waals surface area contributed by atoms with Gasteiger partial charge in [-0.3, -0.25) is 4.79 Å². The minimum atomic E-state index is -0.280. The number of nitrogens with one attached hydrogen (secondary N) is 3. The number of methoxy groups -OCH3 is 1. The van der Waals surface area contributed by atoms with Gasteiger partial charge in [0.05, 0.1) is 13.2 Å². The van der Waals surface area contributed by atoms with E-state index in [-0.39, 0.29) is 36.9 Å². The zero-order valence-corrected chi connectivity index (χ0v) is 15.5. The number of β-amino-alcohol motifs (C(OH)–C–C–N with tert-alkyl or cyclic N) is 1. The first-order valence-corrected chi connectivity index (χ1v) is 8.30. The summed E-state index contributed by atoms with van der Waals surface area (Å²) in [5.74, 6) is 1.23. The van der Waals surface area contributed by atoms with Crippen molar-refractivity contribution in [3.8, 4) is 11.5 Å². The molecule has 1 heterocycles. The van der Waals surface area contributed by atoms with Gasteiger partial charge in [0.25, 0.3) is 5.91 Å².